The second-order valence-electron chi connectivity index (χ2n) is 7.73. The Kier molecular flexibility index (Phi) is 7.05. The predicted molar refractivity (Wildman–Crippen MR) is 114 cm³/mol. The van der Waals surface area contributed by atoms with Crippen LogP contribution in [0.5, 0.6) is 0 Å². The molecule has 0 aliphatic carbocycles. The highest BCUT2D eigenvalue weighted by Crippen LogP contribution is 2.36. The Bertz CT molecular complexity index is 664. The summed E-state index contributed by atoms with van der Waals surface area (Å²) in [6, 6.07) is 7.96. The van der Waals surface area contributed by atoms with Crippen LogP contribution in [0.3, 0.4) is 0 Å². The van der Waals surface area contributed by atoms with Crippen LogP contribution in [0, 0.1) is 0 Å². The number of guanidine groups is 1. The molecular formula is C21H32N4OS. The van der Waals surface area contributed by atoms with Crippen LogP contribution < -0.4 is 10.6 Å². The van der Waals surface area contributed by atoms with Crippen LogP contribution >= 0.6 is 11.8 Å². The number of carbonyl (C=O) groups excluding carboxylic acids is 1. The number of nitrogens with zero attached hydrogens (tertiary/aromatic N) is 2. The molecule has 1 amide bonds. The van der Waals surface area contributed by atoms with E-state index < -0.39 is 0 Å². The zero-order valence-corrected chi connectivity index (χ0v) is 17.4. The maximum atomic E-state index is 12.7. The molecular weight excluding hydrogens is 356 g/mol. The first-order chi connectivity index (χ1) is 13.1. The summed E-state index contributed by atoms with van der Waals surface area (Å²) >= 11 is 2.04. The molecule has 2 saturated heterocycles. The van der Waals surface area contributed by atoms with Crippen molar-refractivity contribution in [2.24, 2.45) is 4.99 Å². The summed E-state index contributed by atoms with van der Waals surface area (Å²) in [7, 11) is 1.80. The van der Waals surface area contributed by atoms with Crippen LogP contribution in [-0.2, 0) is 6.54 Å². The van der Waals surface area contributed by atoms with Gasteiger partial charge in [-0.3, -0.25) is 9.79 Å². The molecule has 148 valence electrons. The van der Waals surface area contributed by atoms with Crippen molar-refractivity contribution in [2.75, 3.05) is 32.4 Å². The van der Waals surface area contributed by atoms with Crippen molar-refractivity contribution in [1.82, 2.24) is 15.5 Å². The topological polar surface area (TPSA) is 56.7 Å². The molecule has 0 aromatic heterocycles. The number of hydrogen-bond donors (Lipinski definition) is 2. The Hall–Kier alpha value is -1.69. The Morgan fingerprint density at radius 3 is 2.74 bits per heavy atom. The van der Waals surface area contributed by atoms with E-state index in [0.29, 0.717) is 11.3 Å². The summed E-state index contributed by atoms with van der Waals surface area (Å²) in [5.41, 5.74) is 1.89. The summed E-state index contributed by atoms with van der Waals surface area (Å²) in [5, 5.41) is 6.83. The molecule has 3 rings (SSSR count). The maximum absolute atomic E-state index is 12.7. The fraction of sp³-hybridized carbons (Fsp3) is 0.619. The number of aliphatic imine (C=N–C) groups is 1. The number of nitrogens with one attached hydrogen (secondary N) is 2. The molecule has 1 aromatic rings. The van der Waals surface area contributed by atoms with Gasteiger partial charge < -0.3 is 15.5 Å². The molecule has 2 aliphatic rings. The highest BCUT2D eigenvalue weighted by atomic mass is 32.2. The smallest absolute Gasteiger partial charge is 0.253 e. The molecule has 27 heavy (non-hydrogen) atoms. The van der Waals surface area contributed by atoms with Crippen LogP contribution in [0.4, 0.5) is 0 Å². The van der Waals surface area contributed by atoms with Gasteiger partial charge in [-0.15, -0.1) is 0 Å². The van der Waals surface area contributed by atoms with E-state index in [9.17, 15) is 4.79 Å². The van der Waals surface area contributed by atoms with Gasteiger partial charge in [-0.2, -0.15) is 11.8 Å². The van der Waals surface area contributed by atoms with Gasteiger partial charge in [-0.25, -0.2) is 0 Å². The minimum absolute atomic E-state index is 0.158. The van der Waals surface area contributed by atoms with Crippen molar-refractivity contribution >= 4 is 23.6 Å². The van der Waals surface area contributed by atoms with E-state index in [2.05, 4.69) is 28.6 Å². The monoisotopic (exact) mass is 388 g/mol. The standard InChI is InChI=1S/C21H32N4OS/c1-21(10-7-13-27-21)16-24-20(22-2)23-15-17-8-6-9-18(14-17)19(26)25-11-4-3-5-12-25/h6,8-9,14H,3-5,7,10-13,15-16H2,1-2H3,(H2,22,23,24). The number of thioether (sulfide) groups is 1. The van der Waals surface area contributed by atoms with Crippen molar-refractivity contribution in [3.8, 4) is 0 Å². The lowest BCUT2D eigenvalue weighted by Crippen LogP contribution is -2.43. The van der Waals surface area contributed by atoms with Crippen LogP contribution in [0.1, 0.15) is 54.9 Å². The van der Waals surface area contributed by atoms with Gasteiger partial charge in [-0.05, 0) is 62.5 Å². The van der Waals surface area contributed by atoms with E-state index in [4.69, 9.17) is 0 Å². The minimum Gasteiger partial charge on any atom is -0.355 e. The van der Waals surface area contributed by atoms with E-state index in [-0.39, 0.29) is 5.91 Å². The molecule has 2 aliphatic heterocycles. The van der Waals surface area contributed by atoms with Gasteiger partial charge in [0, 0.05) is 43.5 Å². The number of hydrogen-bond acceptors (Lipinski definition) is 3. The molecule has 0 bridgehead atoms. The second-order valence-corrected chi connectivity index (χ2v) is 9.42. The maximum Gasteiger partial charge on any atom is 0.253 e. The van der Waals surface area contributed by atoms with Gasteiger partial charge in [0.25, 0.3) is 5.91 Å². The van der Waals surface area contributed by atoms with Crippen LogP contribution in [0.15, 0.2) is 29.3 Å². The van der Waals surface area contributed by atoms with E-state index in [1.54, 1.807) is 7.05 Å². The Labute approximate surface area is 167 Å². The first-order valence-corrected chi connectivity index (χ1v) is 11.0. The van der Waals surface area contributed by atoms with Gasteiger partial charge in [0.2, 0.25) is 0 Å². The summed E-state index contributed by atoms with van der Waals surface area (Å²) in [6.07, 6.45) is 6.02. The summed E-state index contributed by atoms with van der Waals surface area (Å²) in [5.74, 6) is 2.23. The molecule has 2 heterocycles. The molecule has 1 unspecified atom stereocenters. The first-order valence-electron chi connectivity index (χ1n) is 10.1. The zero-order valence-electron chi connectivity index (χ0n) is 16.6. The third kappa shape index (κ3) is 5.64. The summed E-state index contributed by atoms with van der Waals surface area (Å²) < 4.78 is 0.304. The quantitative estimate of drug-likeness (QED) is 0.600. The zero-order chi connectivity index (χ0) is 19.1. The Morgan fingerprint density at radius 2 is 2.04 bits per heavy atom. The van der Waals surface area contributed by atoms with E-state index in [1.807, 2.05) is 34.9 Å². The Morgan fingerprint density at radius 1 is 1.22 bits per heavy atom. The highest BCUT2D eigenvalue weighted by molar-refractivity contribution is 8.00. The van der Waals surface area contributed by atoms with Gasteiger partial charge in [-0.1, -0.05) is 12.1 Å². The highest BCUT2D eigenvalue weighted by Gasteiger charge is 2.29. The predicted octanol–water partition coefficient (Wildman–Crippen LogP) is 3.26. The largest absolute Gasteiger partial charge is 0.355 e. The molecule has 0 saturated carbocycles. The van der Waals surface area contributed by atoms with E-state index in [0.717, 1.165) is 49.6 Å². The van der Waals surface area contributed by atoms with Crippen molar-refractivity contribution in [3.63, 3.8) is 0 Å². The average molecular weight is 389 g/mol. The van der Waals surface area contributed by atoms with Gasteiger partial charge in [0.1, 0.15) is 0 Å². The number of piperidine rings is 1. The normalized spacial score (nSPS) is 23.3. The minimum atomic E-state index is 0.158. The van der Waals surface area contributed by atoms with Crippen molar-refractivity contribution < 1.29 is 4.79 Å². The summed E-state index contributed by atoms with van der Waals surface area (Å²) in [6.45, 7) is 5.67. The average Bonchev–Trinajstić information content (AvgIpc) is 3.15. The number of likely N-dealkylation sites (tertiary alicyclic amines) is 1. The van der Waals surface area contributed by atoms with Crippen molar-refractivity contribution in [2.45, 2.75) is 50.3 Å². The molecule has 0 spiro atoms. The molecule has 6 heteroatoms. The van der Waals surface area contributed by atoms with Crippen LogP contribution in [0.2, 0.25) is 0 Å². The van der Waals surface area contributed by atoms with Crippen molar-refractivity contribution in [1.29, 1.82) is 0 Å². The number of amides is 1. The lowest BCUT2D eigenvalue weighted by atomic mass is 10.1. The van der Waals surface area contributed by atoms with Crippen LogP contribution in [-0.4, -0.2) is 53.9 Å². The fourth-order valence-electron chi connectivity index (χ4n) is 3.75. The fourth-order valence-corrected chi connectivity index (χ4v) is 4.99. The lowest BCUT2D eigenvalue weighted by Gasteiger charge is -2.27. The Balaban J connectivity index is 1.53. The molecule has 0 radical (unpaired) electrons. The van der Waals surface area contributed by atoms with Gasteiger partial charge in [0.15, 0.2) is 5.96 Å². The van der Waals surface area contributed by atoms with Gasteiger partial charge >= 0.3 is 0 Å². The number of carbonyl (C=O) groups is 1. The SMILES string of the molecule is CN=C(NCc1cccc(C(=O)N2CCCCC2)c1)NCC1(C)CCCS1. The molecule has 1 atom stereocenters. The van der Waals surface area contributed by atoms with E-state index in [1.165, 1.54) is 25.0 Å². The molecule has 5 nitrogen and oxygen atoms in total. The summed E-state index contributed by atoms with van der Waals surface area (Å²) in [4.78, 5) is 19.0. The molecule has 2 fully saturated rings. The second kappa shape index (κ2) is 9.49. The van der Waals surface area contributed by atoms with Crippen LogP contribution in [0.25, 0.3) is 0 Å². The third-order valence-corrected chi connectivity index (χ3v) is 6.97. The third-order valence-electron chi connectivity index (χ3n) is 5.43. The number of rotatable bonds is 5. The first kappa shape index (κ1) is 20.1. The molecule has 1 aromatic carbocycles. The molecule has 2 N–H and O–H groups in total. The van der Waals surface area contributed by atoms with E-state index >= 15 is 0 Å². The number of benzene rings is 1. The van der Waals surface area contributed by atoms with Crippen molar-refractivity contribution in [3.05, 3.63) is 35.4 Å². The van der Waals surface area contributed by atoms with Gasteiger partial charge in [0.05, 0.1) is 0 Å². The lowest BCUT2D eigenvalue weighted by molar-refractivity contribution is 0.0724.